The molecular weight excluding hydrogens is 380 g/mol. The van der Waals surface area contributed by atoms with E-state index in [1.165, 1.54) is 24.2 Å². The quantitative estimate of drug-likeness (QED) is 0.651. The largest absolute Gasteiger partial charge is 0.376 e. The third-order valence-corrected chi connectivity index (χ3v) is 5.24. The lowest BCUT2D eigenvalue weighted by molar-refractivity contribution is -0.122. The maximum atomic E-state index is 12.9. The number of aryl methyl sites for hydroxylation is 1. The highest BCUT2D eigenvalue weighted by atomic mass is 16.5. The standard InChI is InChI=1S/C23H30N4O3/c1-18(9-10-19-6-3-2-4-7-19)26-22(28)11-14-27(17-20-8-5-15-30-20)23(29)21-16-24-12-13-25-21/h2-4,6-7,12-13,16,18,20H,5,8-11,14-15,17H2,1H3,(H,26,28)/t18-,20+/m0/s1. The lowest BCUT2D eigenvalue weighted by Crippen LogP contribution is -2.41. The van der Waals surface area contributed by atoms with Crippen LogP contribution in [0.5, 0.6) is 0 Å². The molecule has 1 fully saturated rings. The SMILES string of the molecule is C[C@@H](CCc1ccccc1)NC(=O)CCN(C[C@H]1CCCO1)C(=O)c1cnccn1. The number of nitrogens with one attached hydrogen (secondary N) is 1. The molecule has 2 atom stereocenters. The van der Waals surface area contributed by atoms with Crippen LogP contribution in [0, 0.1) is 0 Å². The van der Waals surface area contributed by atoms with Crippen LogP contribution in [0.3, 0.4) is 0 Å². The average Bonchev–Trinajstić information content (AvgIpc) is 3.29. The second kappa shape index (κ2) is 11.4. The first kappa shape index (κ1) is 21.9. The number of amides is 2. The van der Waals surface area contributed by atoms with E-state index in [0.29, 0.717) is 13.1 Å². The van der Waals surface area contributed by atoms with Crippen LogP contribution >= 0.6 is 0 Å². The number of aromatic nitrogens is 2. The zero-order valence-electron chi connectivity index (χ0n) is 17.5. The van der Waals surface area contributed by atoms with Crippen molar-refractivity contribution in [1.82, 2.24) is 20.2 Å². The van der Waals surface area contributed by atoms with Crippen molar-refractivity contribution >= 4 is 11.8 Å². The molecule has 0 unspecified atom stereocenters. The van der Waals surface area contributed by atoms with Crippen LogP contribution in [-0.2, 0) is 16.0 Å². The molecule has 1 aromatic heterocycles. The van der Waals surface area contributed by atoms with E-state index in [-0.39, 0.29) is 36.1 Å². The van der Waals surface area contributed by atoms with Crippen molar-refractivity contribution in [2.75, 3.05) is 19.7 Å². The Labute approximate surface area is 177 Å². The number of benzene rings is 1. The van der Waals surface area contributed by atoms with E-state index in [1.807, 2.05) is 25.1 Å². The first-order valence-electron chi connectivity index (χ1n) is 10.6. The van der Waals surface area contributed by atoms with Crippen LogP contribution in [0.4, 0.5) is 0 Å². The predicted octanol–water partition coefficient (Wildman–Crippen LogP) is 2.63. The molecule has 1 aliphatic rings. The molecule has 30 heavy (non-hydrogen) atoms. The Kier molecular flexibility index (Phi) is 8.32. The van der Waals surface area contributed by atoms with Gasteiger partial charge in [-0.3, -0.25) is 14.6 Å². The number of rotatable bonds is 10. The highest BCUT2D eigenvalue weighted by molar-refractivity contribution is 5.92. The van der Waals surface area contributed by atoms with E-state index in [9.17, 15) is 9.59 Å². The smallest absolute Gasteiger partial charge is 0.274 e. The summed E-state index contributed by atoms with van der Waals surface area (Å²) in [6.07, 6.45) is 8.45. The maximum absolute atomic E-state index is 12.9. The van der Waals surface area contributed by atoms with Crippen LogP contribution in [0.25, 0.3) is 0 Å². The fourth-order valence-corrected chi connectivity index (χ4v) is 3.56. The summed E-state index contributed by atoms with van der Waals surface area (Å²) in [6, 6.07) is 10.3. The third-order valence-electron chi connectivity index (χ3n) is 5.24. The van der Waals surface area contributed by atoms with Gasteiger partial charge in [-0.1, -0.05) is 30.3 Å². The number of carbonyl (C=O) groups excluding carboxylic acids is 2. The molecule has 160 valence electrons. The van der Waals surface area contributed by atoms with Crippen molar-refractivity contribution in [2.24, 2.45) is 0 Å². The van der Waals surface area contributed by atoms with Gasteiger partial charge in [0.05, 0.1) is 12.3 Å². The van der Waals surface area contributed by atoms with Crippen molar-refractivity contribution in [3.63, 3.8) is 0 Å². The second-order valence-electron chi connectivity index (χ2n) is 7.72. The number of ether oxygens (including phenoxy) is 1. The van der Waals surface area contributed by atoms with Gasteiger partial charge in [-0.25, -0.2) is 4.98 Å². The van der Waals surface area contributed by atoms with Gasteiger partial charge in [0.2, 0.25) is 5.91 Å². The Morgan fingerprint density at radius 3 is 2.80 bits per heavy atom. The minimum Gasteiger partial charge on any atom is -0.376 e. The van der Waals surface area contributed by atoms with Crippen molar-refractivity contribution < 1.29 is 14.3 Å². The number of hydrogen-bond donors (Lipinski definition) is 1. The first-order valence-corrected chi connectivity index (χ1v) is 10.6. The van der Waals surface area contributed by atoms with E-state index in [4.69, 9.17) is 4.74 Å². The molecule has 1 aliphatic heterocycles. The summed E-state index contributed by atoms with van der Waals surface area (Å²) in [7, 11) is 0. The highest BCUT2D eigenvalue weighted by Crippen LogP contribution is 2.15. The van der Waals surface area contributed by atoms with Gasteiger partial charge in [-0.05, 0) is 38.2 Å². The Bertz CT molecular complexity index is 795. The van der Waals surface area contributed by atoms with E-state index >= 15 is 0 Å². The molecule has 1 saturated heterocycles. The Morgan fingerprint density at radius 1 is 1.27 bits per heavy atom. The molecule has 0 saturated carbocycles. The minimum atomic E-state index is -0.219. The Morgan fingerprint density at radius 2 is 2.10 bits per heavy atom. The number of hydrogen-bond acceptors (Lipinski definition) is 5. The van der Waals surface area contributed by atoms with Crippen molar-refractivity contribution in [3.05, 3.63) is 60.2 Å². The molecule has 7 heteroatoms. The lowest BCUT2D eigenvalue weighted by Gasteiger charge is -2.25. The summed E-state index contributed by atoms with van der Waals surface area (Å²) in [6.45, 7) is 3.52. The molecule has 0 spiro atoms. The molecular formula is C23H30N4O3. The predicted molar refractivity (Wildman–Crippen MR) is 114 cm³/mol. The van der Waals surface area contributed by atoms with Gasteiger partial charge in [0.25, 0.3) is 5.91 Å². The molecule has 1 aromatic carbocycles. The van der Waals surface area contributed by atoms with E-state index in [1.54, 1.807) is 4.90 Å². The maximum Gasteiger partial charge on any atom is 0.274 e. The summed E-state index contributed by atoms with van der Waals surface area (Å²) in [5.74, 6) is -0.275. The van der Waals surface area contributed by atoms with E-state index in [0.717, 1.165) is 32.3 Å². The summed E-state index contributed by atoms with van der Waals surface area (Å²) in [4.78, 5) is 35.1. The minimum absolute atomic E-state index is 0.0125. The fraction of sp³-hybridized carbons (Fsp3) is 0.478. The topological polar surface area (TPSA) is 84.4 Å². The summed E-state index contributed by atoms with van der Waals surface area (Å²) < 4.78 is 5.68. The molecule has 0 radical (unpaired) electrons. The van der Waals surface area contributed by atoms with Gasteiger partial charge in [0.1, 0.15) is 5.69 Å². The Hall–Kier alpha value is -2.80. The van der Waals surface area contributed by atoms with Gasteiger partial charge in [0, 0.05) is 44.6 Å². The molecule has 2 heterocycles. The van der Waals surface area contributed by atoms with Crippen molar-refractivity contribution in [2.45, 2.75) is 51.2 Å². The summed E-state index contributed by atoms with van der Waals surface area (Å²) in [5.41, 5.74) is 1.54. The van der Waals surface area contributed by atoms with Crippen molar-refractivity contribution in [1.29, 1.82) is 0 Å². The normalized spacial score (nSPS) is 16.8. The summed E-state index contributed by atoms with van der Waals surface area (Å²) in [5, 5.41) is 3.04. The molecule has 3 rings (SSSR count). The van der Waals surface area contributed by atoms with Gasteiger partial charge < -0.3 is 15.0 Å². The molecule has 0 bridgehead atoms. The molecule has 2 aromatic rings. The van der Waals surface area contributed by atoms with E-state index < -0.39 is 0 Å². The van der Waals surface area contributed by atoms with Crippen LogP contribution in [0.2, 0.25) is 0 Å². The lowest BCUT2D eigenvalue weighted by atomic mass is 10.1. The molecule has 0 aliphatic carbocycles. The zero-order chi connectivity index (χ0) is 21.2. The zero-order valence-corrected chi connectivity index (χ0v) is 17.5. The van der Waals surface area contributed by atoms with Crippen LogP contribution in [-0.4, -0.2) is 58.5 Å². The number of nitrogens with zero attached hydrogens (tertiary/aromatic N) is 3. The fourth-order valence-electron chi connectivity index (χ4n) is 3.56. The summed E-state index contributed by atoms with van der Waals surface area (Å²) >= 11 is 0. The second-order valence-corrected chi connectivity index (χ2v) is 7.72. The van der Waals surface area contributed by atoms with Gasteiger partial charge >= 0.3 is 0 Å². The Balaban J connectivity index is 1.49. The van der Waals surface area contributed by atoms with Crippen LogP contribution < -0.4 is 5.32 Å². The van der Waals surface area contributed by atoms with Gasteiger partial charge in [0.15, 0.2) is 0 Å². The van der Waals surface area contributed by atoms with Crippen molar-refractivity contribution in [3.8, 4) is 0 Å². The highest BCUT2D eigenvalue weighted by Gasteiger charge is 2.25. The molecule has 1 N–H and O–H groups in total. The molecule has 2 amide bonds. The average molecular weight is 411 g/mol. The van der Waals surface area contributed by atoms with Crippen LogP contribution in [0.15, 0.2) is 48.9 Å². The van der Waals surface area contributed by atoms with Gasteiger partial charge in [-0.2, -0.15) is 0 Å². The van der Waals surface area contributed by atoms with E-state index in [2.05, 4.69) is 27.4 Å². The molecule has 7 nitrogen and oxygen atoms in total. The first-order chi connectivity index (χ1) is 14.6. The van der Waals surface area contributed by atoms with Crippen LogP contribution in [0.1, 0.15) is 48.7 Å². The van der Waals surface area contributed by atoms with Gasteiger partial charge in [-0.15, -0.1) is 0 Å². The monoisotopic (exact) mass is 410 g/mol. The third kappa shape index (κ3) is 6.91. The number of carbonyl (C=O) groups is 2.